The summed E-state index contributed by atoms with van der Waals surface area (Å²) in [4.78, 5) is 11.6. The summed E-state index contributed by atoms with van der Waals surface area (Å²) in [5.74, 6) is -2.07. The number of ketones is 1. The lowest BCUT2D eigenvalue weighted by molar-refractivity contribution is -0.234. The number of carbonyl (C=O) groups excluding carboxylic acids is 1. The van der Waals surface area contributed by atoms with Crippen LogP contribution in [0, 0.1) is 5.82 Å². The summed E-state index contributed by atoms with van der Waals surface area (Å²) in [7, 11) is -4.67. The number of carbonyl (C=O) groups is 1. The number of piperidine rings is 1. The molecule has 0 amide bonds. The lowest BCUT2D eigenvalue weighted by Gasteiger charge is -2.45. The van der Waals surface area contributed by atoms with E-state index in [1.54, 1.807) is 18.2 Å². The molecule has 2 heterocycles. The molecule has 0 spiro atoms. The minimum atomic E-state index is -5.18. The van der Waals surface area contributed by atoms with Gasteiger partial charge >= 0.3 is 6.18 Å². The van der Waals surface area contributed by atoms with Gasteiger partial charge in [-0.05, 0) is 17.7 Å². The van der Waals surface area contributed by atoms with Crippen molar-refractivity contribution in [2.24, 2.45) is 0 Å². The van der Waals surface area contributed by atoms with Crippen LogP contribution in [0.4, 0.5) is 17.6 Å². The van der Waals surface area contributed by atoms with Crippen LogP contribution < -0.4 is 0 Å². The summed E-state index contributed by atoms with van der Waals surface area (Å²) >= 11 is 0. The van der Waals surface area contributed by atoms with E-state index in [1.165, 1.54) is 12.1 Å². The molecule has 1 fully saturated rings. The number of rotatable bonds is 1. The summed E-state index contributed by atoms with van der Waals surface area (Å²) in [6.07, 6.45) is -6.74. The first kappa shape index (κ1) is 18.1. The Balaban J connectivity index is 2.09. The smallest absolute Gasteiger partial charge is 0.300 e. The third-order valence-electron chi connectivity index (χ3n) is 5.11. The number of Topliss-reactive ketones (excluding diaryl/α,β-unsaturated/α-hetero) is 1. The summed E-state index contributed by atoms with van der Waals surface area (Å²) < 4.78 is 83.9. The van der Waals surface area contributed by atoms with Crippen molar-refractivity contribution in [3.63, 3.8) is 0 Å². The molecule has 0 saturated carbocycles. The van der Waals surface area contributed by atoms with E-state index in [9.17, 15) is 30.8 Å². The summed E-state index contributed by atoms with van der Waals surface area (Å²) in [6, 6.07) is 9.03. The first-order valence-electron chi connectivity index (χ1n) is 8.07. The highest BCUT2D eigenvalue weighted by atomic mass is 32.2. The Hall–Kier alpha value is -2.26. The standard InChI is InChI=1S/C18H13F4NO3S/c19-13-7-4-8-15-16(13)17(18(20,21)22)10-12(24)9-14(23(17)27(15,25)26)11-5-2-1-3-6-11/h1-8,14H,9-10H2/t14-,17-/m1/s1. The van der Waals surface area contributed by atoms with Gasteiger partial charge in [-0.2, -0.15) is 17.5 Å². The zero-order chi connectivity index (χ0) is 19.6. The van der Waals surface area contributed by atoms with Crippen LogP contribution in [0.5, 0.6) is 0 Å². The van der Waals surface area contributed by atoms with E-state index in [2.05, 4.69) is 0 Å². The topological polar surface area (TPSA) is 54.5 Å². The van der Waals surface area contributed by atoms with Gasteiger partial charge in [0, 0.05) is 18.4 Å². The normalized spacial score (nSPS) is 27.3. The van der Waals surface area contributed by atoms with Crippen molar-refractivity contribution >= 4 is 15.8 Å². The molecule has 4 nitrogen and oxygen atoms in total. The Kier molecular flexibility index (Phi) is 3.77. The minimum Gasteiger partial charge on any atom is -0.300 e. The lowest BCUT2D eigenvalue weighted by Crippen LogP contribution is -2.59. The molecule has 0 unspecified atom stereocenters. The minimum absolute atomic E-state index is 0.246. The molecule has 0 bridgehead atoms. The Morgan fingerprint density at radius 3 is 2.33 bits per heavy atom. The van der Waals surface area contributed by atoms with Crippen molar-refractivity contribution in [3.8, 4) is 0 Å². The van der Waals surface area contributed by atoms with Crippen molar-refractivity contribution in [2.45, 2.75) is 35.5 Å². The van der Waals surface area contributed by atoms with Gasteiger partial charge < -0.3 is 0 Å². The fourth-order valence-electron chi connectivity index (χ4n) is 4.09. The molecule has 27 heavy (non-hydrogen) atoms. The van der Waals surface area contributed by atoms with Gasteiger partial charge in [-0.1, -0.05) is 36.4 Å². The molecule has 1 saturated heterocycles. The SMILES string of the molecule is O=C1C[C@H](c2ccccc2)N2[C@](C(F)(F)F)(C1)c1c(F)cccc1S2(=O)=O. The fourth-order valence-corrected chi connectivity index (χ4v) is 6.28. The van der Waals surface area contributed by atoms with Crippen LogP contribution in [0.25, 0.3) is 0 Å². The maximum atomic E-state index is 14.5. The predicted molar refractivity (Wildman–Crippen MR) is 86.6 cm³/mol. The highest BCUT2D eigenvalue weighted by Gasteiger charge is 2.72. The molecular formula is C18H13F4NO3S. The average Bonchev–Trinajstić information content (AvgIpc) is 2.81. The zero-order valence-electron chi connectivity index (χ0n) is 13.7. The van der Waals surface area contributed by atoms with Gasteiger partial charge in [0.15, 0.2) is 5.54 Å². The average molecular weight is 399 g/mol. The van der Waals surface area contributed by atoms with Crippen molar-refractivity contribution in [1.29, 1.82) is 0 Å². The van der Waals surface area contributed by atoms with E-state index in [0.29, 0.717) is 4.31 Å². The van der Waals surface area contributed by atoms with Gasteiger partial charge in [0.2, 0.25) is 10.0 Å². The Bertz CT molecular complexity index is 1040. The monoisotopic (exact) mass is 399 g/mol. The molecule has 0 aromatic heterocycles. The number of alkyl halides is 3. The predicted octanol–water partition coefficient (Wildman–Crippen LogP) is 3.69. The molecule has 2 aliphatic rings. The van der Waals surface area contributed by atoms with Crippen molar-refractivity contribution in [3.05, 3.63) is 65.5 Å². The van der Waals surface area contributed by atoms with Crippen molar-refractivity contribution in [2.75, 3.05) is 0 Å². The second kappa shape index (κ2) is 5.62. The molecule has 2 aromatic rings. The summed E-state index contributed by atoms with van der Waals surface area (Å²) in [5, 5.41) is 0. The quantitative estimate of drug-likeness (QED) is 0.688. The third kappa shape index (κ3) is 2.31. The van der Waals surface area contributed by atoms with Crippen LogP contribution >= 0.6 is 0 Å². The largest absolute Gasteiger partial charge is 0.412 e. The molecule has 2 aliphatic heterocycles. The molecular weight excluding hydrogens is 386 g/mol. The lowest BCUT2D eigenvalue weighted by atomic mass is 9.77. The van der Waals surface area contributed by atoms with E-state index < -0.39 is 62.7 Å². The molecule has 4 rings (SSSR count). The van der Waals surface area contributed by atoms with Gasteiger partial charge in [0.05, 0.1) is 10.9 Å². The van der Waals surface area contributed by atoms with Gasteiger partial charge in [0.25, 0.3) is 0 Å². The number of nitrogens with zero attached hydrogens (tertiary/aromatic N) is 1. The van der Waals surface area contributed by atoms with Crippen LogP contribution in [0.1, 0.15) is 30.0 Å². The van der Waals surface area contributed by atoms with E-state index >= 15 is 0 Å². The van der Waals surface area contributed by atoms with Gasteiger partial charge in [-0.3, -0.25) is 4.79 Å². The van der Waals surface area contributed by atoms with Crippen LogP contribution in [0.3, 0.4) is 0 Å². The van der Waals surface area contributed by atoms with Gasteiger partial charge in [-0.25, -0.2) is 12.8 Å². The van der Waals surface area contributed by atoms with Crippen LogP contribution in [0.15, 0.2) is 53.4 Å². The highest BCUT2D eigenvalue weighted by Crippen LogP contribution is 2.61. The molecule has 142 valence electrons. The number of sulfonamides is 1. The number of fused-ring (bicyclic) bond motifs is 3. The maximum absolute atomic E-state index is 14.5. The van der Waals surface area contributed by atoms with Crippen molar-refractivity contribution < 1.29 is 30.8 Å². The number of hydrogen-bond acceptors (Lipinski definition) is 3. The Morgan fingerprint density at radius 1 is 1.04 bits per heavy atom. The van der Waals surface area contributed by atoms with E-state index in [-0.39, 0.29) is 5.56 Å². The van der Waals surface area contributed by atoms with E-state index in [1.807, 2.05) is 0 Å². The highest BCUT2D eigenvalue weighted by molar-refractivity contribution is 7.89. The first-order valence-corrected chi connectivity index (χ1v) is 9.51. The van der Waals surface area contributed by atoms with E-state index in [4.69, 9.17) is 0 Å². The molecule has 0 radical (unpaired) electrons. The van der Waals surface area contributed by atoms with Crippen molar-refractivity contribution in [1.82, 2.24) is 4.31 Å². The van der Waals surface area contributed by atoms with Crippen LogP contribution in [-0.2, 0) is 20.4 Å². The van der Waals surface area contributed by atoms with Gasteiger partial charge in [0.1, 0.15) is 11.6 Å². The van der Waals surface area contributed by atoms with Crippen LogP contribution in [0.2, 0.25) is 0 Å². The number of benzene rings is 2. The second-order valence-corrected chi connectivity index (χ2v) is 8.40. The van der Waals surface area contributed by atoms with Gasteiger partial charge in [-0.15, -0.1) is 0 Å². The zero-order valence-corrected chi connectivity index (χ0v) is 14.5. The molecule has 0 aliphatic carbocycles. The fraction of sp³-hybridized carbons (Fsp3) is 0.278. The number of hydrogen-bond donors (Lipinski definition) is 0. The molecule has 9 heteroatoms. The third-order valence-corrected chi connectivity index (χ3v) is 7.09. The molecule has 0 N–H and O–H groups in total. The second-order valence-electron chi connectivity index (χ2n) is 6.62. The van der Waals surface area contributed by atoms with Crippen LogP contribution in [-0.4, -0.2) is 24.7 Å². The Morgan fingerprint density at radius 2 is 1.70 bits per heavy atom. The molecule has 2 atom stereocenters. The van der Waals surface area contributed by atoms with E-state index in [0.717, 1.165) is 18.2 Å². The first-order chi connectivity index (χ1) is 12.6. The summed E-state index contributed by atoms with van der Waals surface area (Å²) in [5.41, 5.74) is -4.00. The number of halogens is 4. The summed E-state index contributed by atoms with van der Waals surface area (Å²) in [6.45, 7) is 0. The Labute approximate surface area is 152 Å². The maximum Gasteiger partial charge on any atom is 0.412 e. The molecule has 2 aromatic carbocycles.